The highest BCUT2D eigenvalue weighted by molar-refractivity contribution is 6.32. The van der Waals surface area contributed by atoms with Crippen LogP contribution in [-0.2, 0) is 11.2 Å². The van der Waals surface area contributed by atoms with Gasteiger partial charge in [-0.3, -0.25) is 9.59 Å². The van der Waals surface area contributed by atoms with Gasteiger partial charge in [0.2, 0.25) is 5.43 Å². The first-order valence-electron chi connectivity index (χ1n) is 14.1. The molecule has 7 heteroatoms. The molecule has 2 heterocycles. The summed E-state index contributed by atoms with van der Waals surface area (Å²) >= 11 is 6.36. The fourth-order valence-corrected chi connectivity index (χ4v) is 3.55. The standard InChI is InChI=1S/C23H27ClFNO4/c1-13(27)16-12-26-19(23(2,3)4)10-14-9-18(30-8-6-7-29-5)17(24)11-15(14)21(26)20(25)22(16)28/h9,11-12,19H,6-8,10H2,1-5H3/t19-/m0/s1/i2D3,3D3,4D3,19D. The lowest BCUT2D eigenvalue weighted by molar-refractivity contribution is 0.101. The number of carbonyl (C=O) groups is 1. The number of Topliss-reactive ketones (excluding diaryl/α,β-unsaturated/α-hetero) is 1. The molecule has 1 aliphatic rings. The Kier molecular flexibility index (Phi) is 3.58. The Hall–Kier alpha value is -2.18. The largest absolute Gasteiger partial charge is 0.492 e. The summed E-state index contributed by atoms with van der Waals surface area (Å²) in [6.45, 7) is -10.2. The molecule has 0 spiro atoms. The van der Waals surface area contributed by atoms with Gasteiger partial charge in [0.05, 0.1) is 24.3 Å². The van der Waals surface area contributed by atoms with E-state index in [2.05, 4.69) is 0 Å². The van der Waals surface area contributed by atoms with E-state index >= 15 is 4.39 Å². The van der Waals surface area contributed by atoms with E-state index in [1.807, 2.05) is 0 Å². The van der Waals surface area contributed by atoms with E-state index in [0.717, 1.165) is 6.92 Å². The first-order valence-corrected chi connectivity index (χ1v) is 9.46. The van der Waals surface area contributed by atoms with E-state index < -0.39 is 66.7 Å². The van der Waals surface area contributed by atoms with Gasteiger partial charge in [-0.15, -0.1) is 0 Å². The number of benzene rings is 1. The maximum atomic E-state index is 15.8. The SMILES string of the molecule is [2H]C([2H])([2H])C(C([2H])([2H])[2H])(C([2H])([2H])[2H])[C@]1([2H])Cc2cc(OCCCOC)c(Cl)cc2-c2c(F)c(=O)c(C(C)=O)cn21. The van der Waals surface area contributed by atoms with Gasteiger partial charge in [-0.05, 0) is 36.5 Å². The molecular weight excluding hydrogens is 409 g/mol. The molecular formula is C23H27ClFNO4. The van der Waals surface area contributed by atoms with Crippen LogP contribution in [0.4, 0.5) is 4.39 Å². The maximum absolute atomic E-state index is 15.8. The van der Waals surface area contributed by atoms with Crippen molar-refractivity contribution in [2.45, 2.75) is 46.3 Å². The minimum atomic E-state index is -3.86. The summed E-state index contributed by atoms with van der Waals surface area (Å²) in [5, 5.41) is -0.0589. The minimum Gasteiger partial charge on any atom is -0.492 e. The highest BCUT2D eigenvalue weighted by Crippen LogP contribution is 2.45. The second kappa shape index (κ2) is 8.52. The van der Waals surface area contributed by atoms with Crippen LogP contribution in [0.5, 0.6) is 5.75 Å². The third-order valence-electron chi connectivity index (χ3n) is 4.78. The highest BCUT2D eigenvalue weighted by Gasteiger charge is 2.36. The smallest absolute Gasteiger partial charge is 0.228 e. The molecule has 2 aromatic rings. The minimum absolute atomic E-state index is 0.0117. The van der Waals surface area contributed by atoms with Crippen LogP contribution in [0.2, 0.25) is 5.02 Å². The molecule has 30 heavy (non-hydrogen) atoms. The number of ether oxygens (including phenoxy) is 2. The van der Waals surface area contributed by atoms with Crippen LogP contribution in [-0.4, -0.2) is 30.7 Å². The Morgan fingerprint density at radius 1 is 1.40 bits per heavy atom. The maximum Gasteiger partial charge on any atom is 0.228 e. The summed E-state index contributed by atoms with van der Waals surface area (Å²) in [6, 6.07) is -0.800. The number of fused-ring (bicyclic) bond motifs is 3. The Morgan fingerprint density at radius 2 is 2.13 bits per heavy atom. The van der Waals surface area contributed by atoms with Crippen LogP contribution in [0.1, 0.15) is 69.5 Å². The van der Waals surface area contributed by atoms with E-state index in [9.17, 15) is 11.0 Å². The zero-order chi connectivity index (χ0) is 30.6. The van der Waals surface area contributed by atoms with Gasteiger partial charge in [0.25, 0.3) is 0 Å². The fourth-order valence-electron chi connectivity index (χ4n) is 3.33. The van der Waals surface area contributed by atoms with Gasteiger partial charge < -0.3 is 14.0 Å². The van der Waals surface area contributed by atoms with Crippen molar-refractivity contribution >= 4 is 17.4 Å². The lowest BCUT2D eigenvalue weighted by Crippen LogP contribution is -2.34. The second-order valence-corrected chi connectivity index (χ2v) is 7.38. The molecule has 3 rings (SSSR count). The van der Waals surface area contributed by atoms with Gasteiger partial charge in [0.1, 0.15) is 5.75 Å². The number of nitrogens with zero attached hydrogens (tertiary/aromatic N) is 1. The van der Waals surface area contributed by atoms with Crippen molar-refractivity contribution in [3.05, 3.63) is 50.5 Å². The van der Waals surface area contributed by atoms with E-state index in [1.54, 1.807) is 0 Å². The Morgan fingerprint density at radius 3 is 2.77 bits per heavy atom. The van der Waals surface area contributed by atoms with Crippen LogP contribution < -0.4 is 10.2 Å². The number of rotatable bonds is 6. The van der Waals surface area contributed by atoms with Crippen LogP contribution in [0.15, 0.2) is 23.1 Å². The summed E-state index contributed by atoms with van der Waals surface area (Å²) in [4.78, 5) is 25.1. The number of carbonyl (C=O) groups excluding carboxylic acids is 1. The molecule has 162 valence electrons. The first kappa shape index (κ1) is 12.6. The molecule has 0 radical (unpaired) electrons. The van der Waals surface area contributed by atoms with Gasteiger partial charge in [-0.1, -0.05) is 32.2 Å². The molecule has 0 fully saturated rings. The quantitative estimate of drug-likeness (QED) is 0.460. The number of methoxy groups -OCH3 is 1. The third kappa shape index (κ3) is 4.16. The third-order valence-corrected chi connectivity index (χ3v) is 5.07. The number of hydrogen-bond acceptors (Lipinski definition) is 4. The van der Waals surface area contributed by atoms with Gasteiger partial charge in [-0.25, -0.2) is 4.39 Å². The molecule has 0 saturated heterocycles. The van der Waals surface area contributed by atoms with E-state index in [4.69, 9.17) is 33.4 Å². The Labute approximate surface area is 194 Å². The van der Waals surface area contributed by atoms with Crippen molar-refractivity contribution in [3.63, 3.8) is 0 Å². The zero-order valence-electron chi connectivity index (χ0n) is 26.4. The van der Waals surface area contributed by atoms with Crippen LogP contribution in [0.3, 0.4) is 0 Å². The highest BCUT2D eigenvalue weighted by atomic mass is 35.5. The average molecular weight is 446 g/mol. The summed E-state index contributed by atoms with van der Waals surface area (Å²) in [6.07, 6.45) is 0.197. The van der Waals surface area contributed by atoms with Crippen LogP contribution in [0, 0.1) is 11.2 Å². The van der Waals surface area contributed by atoms with Crippen molar-refractivity contribution in [1.29, 1.82) is 0 Å². The lowest BCUT2D eigenvalue weighted by Gasteiger charge is -2.39. The molecule has 1 aliphatic heterocycles. The molecule has 1 aromatic heterocycles. The van der Waals surface area contributed by atoms with Crippen LogP contribution in [0.25, 0.3) is 11.3 Å². The number of aromatic nitrogens is 1. The summed E-state index contributed by atoms with van der Waals surface area (Å²) in [5.74, 6) is -2.56. The van der Waals surface area contributed by atoms with Crippen molar-refractivity contribution < 1.29 is 32.4 Å². The normalized spacial score (nSPS) is 24.1. The second-order valence-electron chi connectivity index (χ2n) is 6.97. The van der Waals surface area contributed by atoms with Crippen LogP contribution >= 0.6 is 11.6 Å². The number of halogens is 2. The topological polar surface area (TPSA) is 57.5 Å². The number of hydrogen-bond donors (Lipinski definition) is 0. The average Bonchev–Trinajstić information content (AvgIpc) is 2.76. The first-order chi connectivity index (χ1) is 18.2. The molecule has 0 unspecified atom stereocenters. The van der Waals surface area contributed by atoms with E-state index in [-0.39, 0.29) is 28.5 Å². The number of pyridine rings is 1. The zero-order valence-corrected chi connectivity index (χ0v) is 17.2. The Balaban J connectivity index is 2.53. The Bertz CT molecular complexity index is 1350. The molecule has 0 saturated carbocycles. The van der Waals surface area contributed by atoms with Crippen molar-refractivity contribution in [2.24, 2.45) is 5.41 Å². The molecule has 0 aliphatic carbocycles. The molecule has 0 amide bonds. The summed E-state index contributed by atoms with van der Waals surface area (Å²) in [5.41, 5.74) is -7.04. The van der Waals surface area contributed by atoms with Crippen molar-refractivity contribution in [1.82, 2.24) is 4.57 Å². The summed E-state index contributed by atoms with van der Waals surface area (Å²) < 4.78 is 110. The number of ketones is 1. The lowest BCUT2D eigenvalue weighted by atomic mass is 9.78. The van der Waals surface area contributed by atoms with E-state index in [0.29, 0.717) is 23.8 Å². The monoisotopic (exact) mass is 445 g/mol. The molecule has 1 atom stereocenters. The van der Waals surface area contributed by atoms with Gasteiger partial charge in [0.15, 0.2) is 11.6 Å². The van der Waals surface area contributed by atoms with Gasteiger partial charge >= 0.3 is 0 Å². The summed E-state index contributed by atoms with van der Waals surface area (Å²) in [7, 11) is 1.48. The van der Waals surface area contributed by atoms with Crippen molar-refractivity contribution in [3.8, 4) is 17.0 Å². The predicted molar refractivity (Wildman–Crippen MR) is 115 cm³/mol. The van der Waals surface area contributed by atoms with E-state index in [1.165, 1.54) is 19.2 Å². The molecule has 0 bridgehead atoms. The van der Waals surface area contributed by atoms with Crippen molar-refractivity contribution in [2.75, 3.05) is 20.3 Å². The molecule has 1 aromatic carbocycles. The van der Waals surface area contributed by atoms with Gasteiger partial charge in [-0.2, -0.15) is 0 Å². The molecule has 5 nitrogen and oxygen atoms in total. The predicted octanol–water partition coefficient (Wildman–Crippen LogP) is 5.07. The molecule has 0 N–H and O–H groups in total. The van der Waals surface area contributed by atoms with Gasteiger partial charge in [0, 0.05) is 50.3 Å². The fraction of sp³-hybridized carbons (Fsp3) is 0.478.